The van der Waals surface area contributed by atoms with Crippen LogP contribution in [0.3, 0.4) is 0 Å². The number of hydrogen-bond acceptors (Lipinski definition) is 6. The van der Waals surface area contributed by atoms with Crippen molar-refractivity contribution in [3.8, 4) is 0 Å². The number of carbonyl (C=O) groups is 3. The summed E-state index contributed by atoms with van der Waals surface area (Å²) in [4.78, 5) is 36.5. The van der Waals surface area contributed by atoms with Crippen molar-refractivity contribution in [3.05, 3.63) is 30.3 Å². The quantitative estimate of drug-likeness (QED) is 0.689. The van der Waals surface area contributed by atoms with Gasteiger partial charge in [0, 0.05) is 12.8 Å². The number of primary amides is 1. The zero-order chi connectivity index (χ0) is 20.0. The maximum absolute atomic E-state index is 13.2. The van der Waals surface area contributed by atoms with Crippen molar-refractivity contribution in [1.82, 2.24) is 9.62 Å². The molecule has 1 aromatic carbocycles. The van der Waals surface area contributed by atoms with Gasteiger partial charge in [-0.05, 0) is 37.4 Å². The number of amides is 2. The largest absolute Gasteiger partial charge is 0.370 e. The molecule has 1 aromatic rings. The summed E-state index contributed by atoms with van der Waals surface area (Å²) in [6.07, 6.45) is 0.604. The minimum absolute atomic E-state index is 0.00952. The first-order chi connectivity index (χ1) is 12.7. The molecule has 2 rings (SSSR count). The summed E-state index contributed by atoms with van der Waals surface area (Å²) in [6.45, 7) is 2.23. The lowest BCUT2D eigenvalue weighted by molar-refractivity contribution is -0.134. The second-order valence-corrected chi connectivity index (χ2v) is 8.60. The van der Waals surface area contributed by atoms with Gasteiger partial charge in [0.05, 0.1) is 11.4 Å². The van der Waals surface area contributed by atoms with Crippen LogP contribution >= 0.6 is 0 Å². The summed E-state index contributed by atoms with van der Waals surface area (Å²) in [5.41, 5.74) is 5.16. The van der Waals surface area contributed by atoms with Gasteiger partial charge in [0.15, 0.2) is 5.78 Å². The molecule has 27 heavy (non-hydrogen) atoms. The molecule has 2 atom stereocenters. The van der Waals surface area contributed by atoms with Crippen LogP contribution in [-0.4, -0.2) is 49.5 Å². The minimum Gasteiger partial charge on any atom is -0.370 e. The molecular weight excluding hydrogens is 370 g/mol. The molecular formula is C18H25N3O5S. The highest BCUT2D eigenvalue weighted by molar-refractivity contribution is 7.89. The molecule has 0 saturated carbocycles. The van der Waals surface area contributed by atoms with E-state index in [0.717, 1.165) is 4.31 Å². The Morgan fingerprint density at radius 3 is 2.56 bits per heavy atom. The lowest BCUT2D eigenvalue weighted by atomic mass is 10.0. The molecule has 0 aromatic heterocycles. The summed E-state index contributed by atoms with van der Waals surface area (Å²) < 4.78 is 27.1. The first-order valence-corrected chi connectivity index (χ1v) is 10.3. The summed E-state index contributed by atoms with van der Waals surface area (Å²) >= 11 is 0. The topological polar surface area (TPSA) is 127 Å². The van der Waals surface area contributed by atoms with E-state index in [0.29, 0.717) is 13.0 Å². The lowest BCUT2D eigenvalue weighted by Crippen LogP contribution is -2.49. The van der Waals surface area contributed by atoms with E-state index in [4.69, 9.17) is 5.73 Å². The Labute approximate surface area is 159 Å². The predicted octanol–water partition coefficient (Wildman–Crippen LogP) is 0.427. The number of nitrogens with two attached hydrogens (primary N) is 1. The molecule has 1 fully saturated rings. The van der Waals surface area contributed by atoms with Crippen molar-refractivity contribution in [3.63, 3.8) is 0 Å². The fourth-order valence-electron chi connectivity index (χ4n) is 3.14. The average Bonchev–Trinajstić information content (AvgIpc) is 2.80. The van der Waals surface area contributed by atoms with Gasteiger partial charge in [-0.15, -0.1) is 0 Å². The predicted molar refractivity (Wildman–Crippen MR) is 99.0 cm³/mol. The lowest BCUT2D eigenvalue weighted by Gasteiger charge is -2.30. The van der Waals surface area contributed by atoms with Gasteiger partial charge in [-0.1, -0.05) is 25.1 Å². The smallest absolute Gasteiger partial charge is 0.267 e. The van der Waals surface area contributed by atoms with Gasteiger partial charge in [0.1, 0.15) is 6.04 Å². The number of nitrogens with zero attached hydrogens (tertiary/aromatic N) is 1. The van der Waals surface area contributed by atoms with Gasteiger partial charge >= 0.3 is 0 Å². The normalized spacial score (nSPS) is 19.1. The molecule has 0 bridgehead atoms. The third-order valence-electron chi connectivity index (χ3n) is 4.40. The number of hydrogen-bond donors (Lipinski definition) is 2. The first kappa shape index (κ1) is 21.0. The molecule has 8 nitrogen and oxygen atoms in total. The summed E-state index contributed by atoms with van der Waals surface area (Å²) in [6, 6.07) is 6.51. The Balaban J connectivity index is 2.40. The summed E-state index contributed by atoms with van der Waals surface area (Å²) in [5.74, 6) is -2.04. The fourth-order valence-corrected chi connectivity index (χ4v) is 4.77. The van der Waals surface area contributed by atoms with Gasteiger partial charge in [0.2, 0.25) is 11.8 Å². The van der Waals surface area contributed by atoms with Crippen LogP contribution in [0.25, 0.3) is 0 Å². The first-order valence-electron chi connectivity index (χ1n) is 8.87. The zero-order valence-corrected chi connectivity index (χ0v) is 16.1. The van der Waals surface area contributed by atoms with Crippen LogP contribution in [0.2, 0.25) is 0 Å². The van der Waals surface area contributed by atoms with E-state index in [1.54, 1.807) is 25.1 Å². The molecule has 3 N–H and O–H groups in total. The Morgan fingerprint density at radius 1 is 1.26 bits per heavy atom. The molecule has 1 aliphatic heterocycles. The highest BCUT2D eigenvalue weighted by atomic mass is 32.2. The van der Waals surface area contributed by atoms with Crippen LogP contribution in [0.4, 0.5) is 0 Å². The second-order valence-electron chi connectivity index (χ2n) is 6.79. The molecule has 1 aliphatic rings. The van der Waals surface area contributed by atoms with Crippen LogP contribution in [-0.2, 0) is 24.4 Å². The van der Waals surface area contributed by atoms with Crippen LogP contribution in [0.5, 0.6) is 0 Å². The summed E-state index contributed by atoms with van der Waals surface area (Å²) in [7, 11) is -4.20. The molecule has 0 spiro atoms. The Morgan fingerprint density at radius 2 is 1.93 bits per heavy atom. The van der Waals surface area contributed by atoms with Gasteiger partial charge in [0.25, 0.3) is 10.0 Å². The van der Waals surface area contributed by atoms with Gasteiger partial charge in [-0.25, -0.2) is 12.7 Å². The molecule has 0 aliphatic carbocycles. The molecule has 148 valence electrons. The Kier molecular flexibility index (Phi) is 7.09. The monoisotopic (exact) mass is 395 g/mol. The molecule has 9 heteroatoms. The van der Waals surface area contributed by atoms with E-state index in [-0.39, 0.29) is 36.5 Å². The van der Waals surface area contributed by atoms with Gasteiger partial charge in [-0.2, -0.15) is 0 Å². The Hall–Kier alpha value is -2.26. The number of carbonyl (C=O) groups excluding carboxylic acids is 3. The molecule has 0 radical (unpaired) electrons. The van der Waals surface area contributed by atoms with Crippen LogP contribution in [0, 0.1) is 5.92 Å². The van der Waals surface area contributed by atoms with Gasteiger partial charge < -0.3 is 11.1 Å². The number of benzene rings is 1. The third kappa shape index (κ3) is 5.36. The third-order valence-corrected chi connectivity index (χ3v) is 6.25. The fraction of sp³-hybridized carbons (Fsp3) is 0.500. The van der Waals surface area contributed by atoms with E-state index in [1.807, 2.05) is 0 Å². The molecule has 1 heterocycles. The van der Waals surface area contributed by atoms with Crippen LogP contribution in [0.15, 0.2) is 35.2 Å². The van der Waals surface area contributed by atoms with E-state index in [9.17, 15) is 22.8 Å². The van der Waals surface area contributed by atoms with Crippen molar-refractivity contribution < 1.29 is 22.8 Å². The highest BCUT2D eigenvalue weighted by Gasteiger charge is 2.39. The SMILES string of the molecule is C[C@@H](CC(N)=O)CC(=O)N(C1CCCNCC1=O)S(=O)(=O)c1ccccc1. The minimum atomic E-state index is -4.20. The van der Waals surface area contributed by atoms with Crippen molar-refractivity contribution in [2.24, 2.45) is 11.7 Å². The van der Waals surface area contributed by atoms with Crippen molar-refractivity contribution in [1.29, 1.82) is 0 Å². The zero-order valence-electron chi connectivity index (χ0n) is 15.3. The second kappa shape index (κ2) is 9.09. The van der Waals surface area contributed by atoms with Gasteiger partial charge in [-0.3, -0.25) is 14.4 Å². The number of rotatable bonds is 7. The van der Waals surface area contributed by atoms with Crippen molar-refractivity contribution in [2.75, 3.05) is 13.1 Å². The van der Waals surface area contributed by atoms with E-state index in [1.165, 1.54) is 12.1 Å². The molecule has 1 saturated heterocycles. The number of ketones is 1. The van der Waals surface area contributed by atoms with Crippen LogP contribution in [0.1, 0.15) is 32.6 Å². The van der Waals surface area contributed by atoms with E-state index < -0.39 is 33.8 Å². The maximum Gasteiger partial charge on any atom is 0.267 e. The summed E-state index contributed by atoms with van der Waals surface area (Å²) in [5, 5.41) is 2.94. The van der Waals surface area contributed by atoms with Crippen molar-refractivity contribution in [2.45, 2.75) is 43.5 Å². The number of sulfonamides is 1. The standard InChI is InChI=1S/C18H25N3O5S/c1-13(10-17(19)23)11-18(24)21(15-8-5-9-20-12-16(15)22)27(25,26)14-6-3-2-4-7-14/h2-4,6-7,13,15,20H,5,8-12H2,1H3,(H2,19,23)/t13-,15?/m0/s1. The average molecular weight is 395 g/mol. The molecule has 2 amide bonds. The van der Waals surface area contributed by atoms with Crippen molar-refractivity contribution >= 4 is 27.6 Å². The highest BCUT2D eigenvalue weighted by Crippen LogP contribution is 2.24. The van der Waals surface area contributed by atoms with E-state index in [2.05, 4.69) is 5.32 Å². The van der Waals surface area contributed by atoms with Crippen LogP contribution < -0.4 is 11.1 Å². The Bertz CT molecular complexity index is 794. The number of Topliss-reactive ketones (excluding diaryl/α,β-unsaturated/α-hetero) is 1. The molecule has 1 unspecified atom stereocenters. The number of nitrogens with one attached hydrogen (secondary N) is 1. The maximum atomic E-state index is 13.2. The van der Waals surface area contributed by atoms with E-state index >= 15 is 0 Å².